The summed E-state index contributed by atoms with van der Waals surface area (Å²) in [6.45, 7) is 3.94. The topological polar surface area (TPSA) is 24.9 Å². The molecular formula is C10H12N2. The smallest absolute Gasteiger partial charge is 0.127 e. The molecule has 62 valence electrons. The summed E-state index contributed by atoms with van der Waals surface area (Å²) >= 11 is 0. The Balaban J connectivity index is 2.71. The van der Waals surface area contributed by atoms with Gasteiger partial charge in [-0.3, -0.25) is 0 Å². The number of aryl methyl sites for hydroxylation is 1. The van der Waals surface area contributed by atoms with Crippen molar-refractivity contribution in [1.82, 2.24) is 4.98 Å². The monoisotopic (exact) mass is 160 g/mol. The predicted octanol–water partition coefficient (Wildman–Crippen LogP) is 1.82. The lowest BCUT2D eigenvalue weighted by Crippen LogP contribution is -2.12. The lowest BCUT2D eigenvalue weighted by Gasteiger charge is -2.07. The largest absolute Gasteiger partial charge is 0.357 e. The van der Waals surface area contributed by atoms with E-state index in [1.54, 1.807) is 6.20 Å². The number of hydrogen-bond acceptors (Lipinski definition) is 2. The molecule has 2 heteroatoms. The molecule has 1 rings (SSSR count). The van der Waals surface area contributed by atoms with Crippen LogP contribution in [0.4, 0.5) is 5.82 Å². The number of nitrogens with one attached hydrogen (secondary N) is 1. The SMILES string of the molecule is C#CC(C)Nc1cc(C)ccn1. The molecule has 1 atom stereocenters. The van der Waals surface area contributed by atoms with Gasteiger partial charge in [-0.1, -0.05) is 5.92 Å². The van der Waals surface area contributed by atoms with Crippen LogP contribution < -0.4 is 5.32 Å². The Labute approximate surface area is 73.0 Å². The Morgan fingerprint density at radius 3 is 3.00 bits per heavy atom. The second-order valence-electron chi connectivity index (χ2n) is 2.75. The number of aromatic nitrogens is 1. The summed E-state index contributed by atoms with van der Waals surface area (Å²) in [6, 6.07) is 3.94. The van der Waals surface area contributed by atoms with Crippen LogP contribution in [0.15, 0.2) is 18.3 Å². The molecular weight excluding hydrogens is 148 g/mol. The van der Waals surface area contributed by atoms with Crippen molar-refractivity contribution in [2.24, 2.45) is 0 Å². The van der Waals surface area contributed by atoms with Gasteiger partial charge >= 0.3 is 0 Å². The second-order valence-corrected chi connectivity index (χ2v) is 2.75. The summed E-state index contributed by atoms with van der Waals surface area (Å²) in [7, 11) is 0. The Bertz CT molecular complexity index is 299. The van der Waals surface area contributed by atoms with Crippen molar-refractivity contribution in [1.29, 1.82) is 0 Å². The zero-order valence-corrected chi connectivity index (χ0v) is 7.33. The van der Waals surface area contributed by atoms with E-state index in [0.717, 1.165) is 5.82 Å². The molecule has 0 bridgehead atoms. The van der Waals surface area contributed by atoms with E-state index in [2.05, 4.69) is 16.2 Å². The molecule has 0 spiro atoms. The Hall–Kier alpha value is -1.49. The lowest BCUT2D eigenvalue weighted by molar-refractivity contribution is 1.01. The van der Waals surface area contributed by atoms with E-state index in [4.69, 9.17) is 6.42 Å². The quantitative estimate of drug-likeness (QED) is 0.667. The second kappa shape index (κ2) is 3.77. The first kappa shape index (κ1) is 8.61. The van der Waals surface area contributed by atoms with Gasteiger partial charge in [-0.05, 0) is 31.5 Å². The Morgan fingerprint density at radius 1 is 1.67 bits per heavy atom. The number of nitrogens with zero attached hydrogens (tertiary/aromatic N) is 1. The zero-order valence-electron chi connectivity index (χ0n) is 7.33. The summed E-state index contributed by atoms with van der Waals surface area (Å²) in [5, 5.41) is 3.09. The van der Waals surface area contributed by atoms with E-state index in [1.165, 1.54) is 5.56 Å². The van der Waals surface area contributed by atoms with Crippen molar-refractivity contribution in [2.45, 2.75) is 19.9 Å². The molecule has 0 aromatic carbocycles. The molecule has 0 aliphatic carbocycles. The van der Waals surface area contributed by atoms with Crippen molar-refractivity contribution in [3.05, 3.63) is 23.9 Å². The van der Waals surface area contributed by atoms with E-state index in [9.17, 15) is 0 Å². The zero-order chi connectivity index (χ0) is 8.97. The number of hydrogen-bond donors (Lipinski definition) is 1. The fraction of sp³-hybridized carbons (Fsp3) is 0.300. The van der Waals surface area contributed by atoms with Crippen molar-refractivity contribution in [3.63, 3.8) is 0 Å². The van der Waals surface area contributed by atoms with Crippen LogP contribution in [-0.2, 0) is 0 Å². The van der Waals surface area contributed by atoms with E-state index in [0.29, 0.717) is 0 Å². The van der Waals surface area contributed by atoms with Crippen LogP contribution in [0.2, 0.25) is 0 Å². The standard InChI is InChI=1S/C10H12N2/c1-4-9(3)12-10-7-8(2)5-6-11-10/h1,5-7,9H,2-3H3,(H,11,12). The van der Waals surface area contributed by atoms with Crippen molar-refractivity contribution in [2.75, 3.05) is 5.32 Å². The van der Waals surface area contributed by atoms with Crippen LogP contribution >= 0.6 is 0 Å². The maximum atomic E-state index is 5.22. The van der Waals surface area contributed by atoms with Gasteiger partial charge < -0.3 is 5.32 Å². The Kier molecular flexibility index (Phi) is 2.71. The minimum Gasteiger partial charge on any atom is -0.357 e. The highest BCUT2D eigenvalue weighted by Crippen LogP contribution is 2.05. The van der Waals surface area contributed by atoms with Crippen LogP contribution in [0.1, 0.15) is 12.5 Å². The summed E-state index contributed by atoms with van der Waals surface area (Å²) in [5.41, 5.74) is 1.18. The molecule has 1 N–H and O–H groups in total. The maximum Gasteiger partial charge on any atom is 0.127 e. The molecule has 0 aliphatic heterocycles. The first-order valence-corrected chi connectivity index (χ1v) is 3.87. The molecule has 12 heavy (non-hydrogen) atoms. The average molecular weight is 160 g/mol. The van der Waals surface area contributed by atoms with E-state index >= 15 is 0 Å². The normalized spacial score (nSPS) is 11.8. The molecule has 0 aliphatic rings. The highest BCUT2D eigenvalue weighted by molar-refractivity contribution is 5.39. The van der Waals surface area contributed by atoms with Crippen molar-refractivity contribution in [3.8, 4) is 12.3 Å². The van der Waals surface area contributed by atoms with Gasteiger partial charge in [0.05, 0.1) is 6.04 Å². The third-order valence-electron chi connectivity index (χ3n) is 1.53. The number of pyridine rings is 1. The van der Waals surface area contributed by atoms with Gasteiger partial charge in [-0.25, -0.2) is 4.98 Å². The molecule has 0 radical (unpaired) electrons. The number of terminal acetylenes is 1. The molecule has 1 heterocycles. The molecule has 1 aromatic heterocycles. The van der Waals surface area contributed by atoms with Gasteiger partial charge in [0.15, 0.2) is 0 Å². The van der Waals surface area contributed by atoms with Crippen molar-refractivity contribution >= 4 is 5.82 Å². The molecule has 0 fully saturated rings. The third kappa shape index (κ3) is 2.28. The maximum absolute atomic E-state index is 5.22. The summed E-state index contributed by atoms with van der Waals surface area (Å²) in [5.74, 6) is 3.42. The minimum atomic E-state index is 0.0271. The van der Waals surface area contributed by atoms with E-state index < -0.39 is 0 Å². The highest BCUT2D eigenvalue weighted by Gasteiger charge is 1.97. The molecule has 0 saturated carbocycles. The highest BCUT2D eigenvalue weighted by atomic mass is 15.0. The van der Waals surface area contributed by atoms with Gasteiger partial charge in [0, 0.05) is 6.20 Å². The van der Waals surface area contributed by atoms with Gasteiger partial charge in [0.25, 0.3) is 0 Å². The molecule has 1 unspecified atom stereocenters. The molecule has 2 nitrogen and oxygen atoms in total. The van der Waals surface area contributed by atoms with E-state index in [1.807, 2.05) is 26.0 Å². The third-order valence-corrected chi connectivity index (χ3v) is 1.53. The fourth-order valence-corrected chi connectivity index (χ4v) is 0.879. The predicted molar refractivity (Wildman–Crippen MR) is 50.9 cm³/mol. The Morgan fingerprint density at radius 2 is 2.42 bits per heavy atom. The van der Waals surface area contributed by atoms with Gasteiger partial charge in [0.2, 0.25) is 0 Å². The van der Waals surface area contributed by atoms with Crippen LogP contribution in [0.3, 0.4) is 0 Å². The average Bonchev–Trinajstić information content (AvgIpc) is 2.04. The number of rotatable bonds is 2. The van der Waals surface area contributed by atoms with Crippen LogP contribution in [0.25, 0.3) is 0 Å². The van der Waals surface area contributed by atoms with Crippen molar-refractivity contribution < 1.29 is 0 Å². The summed E-state index contributed by atoms with van der Waals surface area (Å²) in [4.78, 5) is 4.12. The van der Waals surface area contributed by atoms with Crippen LogP contribution in [0, 0.1) is 19.3 Å². The molecule has 1 aromatic rings. The summed E-state index contributed by atoms with van der Waals surface area (Å²) < 4.78 is 0. The lowest BCUT2D eigenvalue weighted by atomic mass is 10.3. The first-order chi connectivity index (χ1) is 5.72. The minimum absolute atomic E-state index is 0.0271. The first-order valence-electron chi connectivity index (χ1n) is 3.87. The molecule has 0 amide bonds. The van der Waals surface area contributed by atoms with Gasteiger partial charge in [-0.15, -0.1) is 6.42 Å². The molecule has 0 saturated heterocycles. The van der Waals surface area contributed by atoms with Crippen LogP contribution in [-0.4, -0.2) is 11.0 Å². The fourth-order valence-electron chi connectivity index (χ4n) is 0.879. The number of anilines is 1. The van der Waals surface area contributed by atoms with Crippen LogP contribution in [0.5, 0.6) is 0 Å². The van der Waals surface area contributed by atoms with E-state index in [-0.39, 0.29) is 6.04 Å². The van der Waals surface area contributed by atoms with Gasteiger partial charge in [0.1, 0.15) is 5.82 Å². The van der Waals surface area contributed by atoms with Gasteiger partial charge in [-0.2, -0.15) is 0 Å². The summed E-state index contributed by atoms with van der Waals surface area (Å²) in [6.07, 6.45) is 6.98.